The quantitative estimate of drug-likeness (QED) is 0.932. The number of methoxy groups -OCH3 is 1. The van der Waals surface area contributed by atoms with Crippen molar-refractivity contribution in [3.63, 3.8) is 0 Å². The van der Waals surface area contributed by atoms with Crippen molar-refractivity contribution in [3.05, 3.63) is 33.5 Å². The summed E-state index contributed by atoms with van der Waals surface area (Å²) in [4.78, 5) is 10.7. The highest BCUT2D eigenvalue weighted by atomic mass is 79.9. The van der Waals surface area contributed by atoms with Gasteiger partial charge in [-0.25, -0.2) is 4.79 Å². The number of benzene rings is 1. The fraction of sp³-hybridized carbons (Fsp3) is 0.0909. The average molecular weight is 333 g/mol. The number of carbonyl (C=O) groups is 1. The van der Waals surface area contributed by atoms with Gasteiger partial charge in [0.2, 0.25) is 5.76 Å². The van der Waals surface area contributed by atoms with Crippen molar-refractivity contribution in [2.75, 3.05) is 7.11 Å². The number of nitrogens with zero attached hydrogens (tertiary/aromatic N) is 1. The Kier molecular flexibility index (Phi) is 3.58. The van der Waals surface area contributed by atoms with Gasteiger partial charge in [-0.1, -0.05) is 16.8 Å². The van der Waals surface area contributed by atoms with Gasteiger partial charge in [0.05, 0.1) is 16.6 Å². The van der Waals surface area contributed by atoms with E-state index in [1.807, 2.05) is 0 Å². The zero-order chi connectivity index (χ0) is 13.3. The maximum Gasteiger partial charge on any atom is 0.374 e. The molecule has 0 unspecified atom stereocenters. The molecule has 2 rings (SSSR count). The predicted octanol–water partition coefficient (Wildman–Crippen LogP) is 3.46. The molecule has 5 nitrogen and oxygen atoms in total. The summed E-state index contributed by atoms with van der Waals surface area (Å²) in [6.07, 6.45) is 0. The summed E-state index contributed by atoms with van der Waals surface area (Å²) in [5.41, 5.74) is 0.904. The molecule has 1 aromatic carbocycles. The topological polar surface area (TPSA) is 72.6 Å². The summed E-state index contributed by atoms with van der Waals surface area (Å²) in [7, 11) is 1.52. The van der Waals surface area contributed by atoms with Gasteiger partial charge < -0.3 is 14.4 Å². The molecule has 2 aromatic rings. The fourth-order valence-electron chi connectivity index (χ4n) is 1.38. The van der Waals surface area contributed by atoms with Gasteiger partial charge >= 0.3 is 5.97 Å². The molecule has 0 aliphatic heterocycles. The van der Waals surface area contributed by atoms with E-state index in [-0.39, 0.29) is 5.76 Å². The van der Waals surface area contributed by atoms with E-state index in [1.165, 1.54) is 13.2 Å². The standard InChI is InChI=1S/C11H7BrClNO4/c1-17-9-3-7(13)5(2-6(9)12)8-4-10(11(15)16)18-14-8/h2-4H,1H3,(H,15,16). The Balaban J connectivity index is 2.50. The predicted molar refractivity (Wildman–Crippen MR) is 68.2 cm³/mol. The highest BCUT2D eigenvalue weighted by Crippen LogP contribution is 2.36. The SMILES string of the molecule is COc1cc(Cl)c(-c2cc(C(=O)O)on2)cc1Br. The van der Waals surface area contributed by atoms with Crippen molar-refractivity contribution in [2.24, 2.45) is 0 Å². The lowest BCUT2D eigenvalue weighted by molar-refractivity contribution is 0.0652. The lowest BCUT2D eigenvalue weighted by atomic mass is 10.1. The molecule has 0 saturated carbocycles. The van der Waals surface area contributed by atoms with E-state index in [0.717, 1.165) is 0 Å². The van der Waals surface area contributed by atoms with Gasteiger partial charge in [0.1, 0.15) is 11.4 Å². The Morgan fingerprint density at radius 2 is 2.22 bits per heavy atom. The molecule has 94 valence electrons. The highest BCUT2D eigenvalue weighted by Gasteiger charge is 2.16. The number of aromatic carboxylic acids is 1. The monoisotopic (exact) mass is 331 g/mol. The summed E-state index contributed by atoms with van der Waals surface area (Å²) >= 11 is 9.39. The van der Waals surface area contributed by atoms with Gasteiger partial charge in [0, 0.05) is 17.7 Å². The van der Waals surface area contributed by atoms with E-state index in [1.54, 1.807) is 12.1 Å². The number of carboxylic acid groups (broad SMARTS) is 1. The van der Waals surface area contributed by atoms with Gasteiger partial charge in [0.15, 0.2) is 0 Å². The largest absolute Gasteiger partial charge is 0.496 e. The third-order valence-electron chi connectivity index (χ3n) is 2.24. The van der Waals surface area contributed by atoms with E-state index < -0.39 is 5.97 Å². The fourth-order valence-corrected chi connectivity index (χ4v) is 2.14. The first kappa shape index (κ1) is 12.9. The first-order chi connectivity index (χ1) is 8.52. The van der Waals surface area contributed by atoms with Crippen molar-refractivity contribution >= 4 is 33.5 Å². The van der Waals surface area contributed by atoms with Crippen molar-refractivity contribution in [1.29, 1.82) is 0 Å². The van der Waals surface area contributed by atoms with Crippen molar-refractivity contribution in [2.45, 2.75) is 0 Å². The van der Waals surface area contributed by atoms with Gasteiger partial charge in [0.25, 0.3) is 0 Å². The summed E-state index contributed by atoms with van der Waals surface area (Å²) in [5, 5.41) is 12.8. The molecule has 0 amide bonds. The van der Waals surface area contributed by atoms with Gasteiger partial charge in [-0.2, -0.15) is 0 Å². The van der Waals surface area contributed by atoms with Crippen LogP contribution in [0.1, 0.15) is 10.6 Å². The van der Waals surface area contributed by atoms with Crippen molar-refractivity contribution in [1.82, 2.24) is 5.16 Å². The van der Waals surface area contributed by atoms with Crippen molar-refractivity contribution < 1.29 is 19.2 Å². The molecule has 1 N–H and O–H groups in total. The van der Waals surface area contributed by atoms with E-state index in [4.69, 9.17) is 21.4 Å². The number of rotatable bonds is 3. The molecular weight excluding hydrogens is 325 g/mol. The first-order valence-electron chi connectivity index (χ1n) is 4.76. The summed E-state index contributed by atoms with van der Waals surface area (Å²) in [6.45, 7) is 0. The summed E-state index contributed by atoms with van der Waals surface area (Å²) in [5.74, 6) is -0.851. The van der Waals surface area contributed by atoms with Crippen LogP contribution in [0.5, 0.6) is 5.75 Å². The molecule has 0 atom stereocenters. The normalized spacial score (nSPS) is 10.4. The Labute approximate surface area is 115 Å². The van der Waals surface area contributed by atoms with E-state index >= 15 is 0 Å². The van der Waals surface area contributed by atoms with Crippen LogP contribution < -0.4 is 4.74 Å². The number of carboxylic acids is 1. The number of ether oxygens (including phenoxy) is 1. The Morgan fingerprint density at radius 1 is 1.50 bits per heavy atom. The zero-order valence-electron chi connectivity index (χ0n) is 9.11. The van der Waals surface area contributed by atoms with Crippen LogP contribution in [0.4, 0.5) is 0 Å². The summed E-state index contributed by atoms with van der Waals surface area (Å²) < 4.78 is 10.5. The Morgan fingerprint density at radius 3 is 2.78 bits per heavy atom. The minimum atomic E-state index is -1.18. The van der Waals surface area contributed by atoms with Crippen molar-refractivity contribution in [3.8, 4) is 17.0 Å². The lowest BCUT2D eigenvalue weighted by Gasteiger charge is -2.06. The van der Waals surface area contributed by atoms with E-state index in [2.05, 4.69) is 25.6 Å². The van der Waals surface area contributed by atoms with Crippen LogP contribution in [-0.2, 0) is 0 Å². The molecule has 18 heavy (non-hydrogen) atoms. The molecule has 0 radical (unpaired) electrons. The highest BCUT2D eigenvalue weighted by molar-refractivity contribution is 9.10. The van der Waals surface area contributed by atoms with E-state index in [0.29, 0.717) is 26.5 Å². The average Bonchev–Trinajstić information content (AvgIpc) is 2.81. The van der Waals surface area contributed by atoms with Crippen LogP contribution in [0.2, 0.25) is 5.02 Å². The van der Waals surface area contributed by atoms with Crippen LogP contribution in [0.15, 0.2) is 27.2 Å². The molecule has 1 aromatic heterocycles. The second kappa shape index (κ2) is 4.99. The number of hydrogen-bond acceptors (Lipinski definition) is 4. The lowest BCUT2D eigenvalue weighted by Crippen LogP contribution is -1.91. The molecule has 0 bridgehead atoms. The third-order valence-corrected chi connectivity index (χ3v) is 3.17. The maximum absolute atomic E-state index is 10.7. The number of hydrogen-bond donors (Lipinski definition) is 1. The van der Waals surface area contributed by atoms with Gasteiger partial charge in [-0.3, -0.25) is 0 Å². The Hall–Kier alpha value is -1.53. The van der Waals surface area contributed by atoms with Crippen LogP contribution >= 0.6 is 27.5 Å². The van der Waals surface area contributed by atoms with E-state index in [9.17, 15) is 4.79 Å². The molecular formula is C11H7BrClNO4. The minimum absolute atomic E-state index is 0.243. The van der Waals surface area contributed by atoms with Crippen LogP contribution in [0.3, 0.4) is 0 Å². The second-order valence-corrected chi connectivity index (χ2v) is 4.61. The number of aromatic nitrogens is 1. The molecule has 1 heterocycles. The summed E-state index contributed by atoms with van der Waals surface area (Å²) in [6, 6.07) is 4.60. The molecule has 0 spiro atoms. The Bertz CT molecular complexity index is 611. The molecule has 0 aliphatic rings. The van der Waals surface area contributed by atoms with Crippen LogP contribution in [0.25, 0.3) is 11.3 Å². The van der Waals surface area contributed by atoms with Gasteiger partial charge in [-0.05, 0) is 22.0 Å². The first-order valence-corrected chi connectivity index (χ1v) is 5.93. The van der Waals surface area contributed by atoms with Gasteiger partial charge in [-0.15, -0.1) is 0 Å². The molecule has 7 heteroatoms. The van der Waals surface area contributed by atoms with Crippen LogP contribution in [0, 0.1) is 0 Å². The maximum atomic E-state index is 10.7. The second-order valence-electron chi connectivity index (χ2n) is 3.35. The third kappa shape index (κ3) is 2.34. The molecule has 0 saturated heterocycles. The number of halogens is 2. The van der Waals surface area contributed by atoms with Crippen LogP contribution in [-0.4, -0.2) is 23.3 Å². The minimum Gasteiger partial charge on any atom is -0.496 e. The smallest absolute Gasteiger partial charge is 0.374 e. The molecule has 0 aliphatic carbocycles. The molecule has 0 fully saturated rings. The zero-order valence-corrected chi connectivity index (χ0v) is 11.4.